The van der Waals surface area contributed by atoms with Crippen molar-refractivity contribution in [3.63, 3.8) is 0 Å². The minimum atomic E-state index is -0.536. The van der Waals surface area contributed by atoms with E-state index in [1.54, 1.807) is 38.1 Å². The van der Waals surface area contributed by atoms with Crippen molar-refractivity contribution in [2.75, 3.05) is 0 Å². The Balaban J connectivity index is 2.56. The monoisotopic (exact) mass is 265 g/mol. The largest absolute Gasteiger partial charge is 0.481 e. The van der Waals surface area contributed by atoms with Crippen molar-refractivity contribution < 1.29 is 14.6 Å². The normalized spacial score (nSPS) is 15.4. The van der Waals surface area contributed by atoms with E-state index < -0.39 is 12.2 Å². The maximum atomic E-state index is 11.8. The van der Waals surface area contributed by atoms with E-state index >= 15 is 0 Å². The van der Waals surface area contributed by atoms with Gasteiger partial charge in [0.25, 0.3) is 5.91 Å². The Morgan fingerprint density at radius 3 is 2.32 bits per heavy atom. The Morgan fingerprint density at radius 1 is 1.26 bits per heavy atom. The number of nitrogens with one attached hydrogen (secondary N) is 1. The van der Waals surface area contributed by atoms with Crippen molar-refractivity contribution in [3.05, 3.63) is 29.8 Å². The molecule has 0 aliphatic rings. The van der Waals surface area contributed by atoms with Crippen molar-refractivity contribution >= 4 is 5.91 Å². The van der Waals surface area contributed by atoms with E-state index in [2.05, 4.69) is 5.32 Å². The van der Waals surface area contributed by atoms with E-state index in [4.69, 9.17) is 4.74 Å². The summed E-state index contributed by atoms with van der Waals surface area (Å²) in [6.07, 6.45) is -0.145. The highest BCUT2D eigenvalue weighted by atomic mass is 16.5. The number of benzene rings is 1. The molecule has 3 unspecified atom stereocenters. The van der Waals surface area contributed by atoms with E-state index in [-0.39, 0.29) is 11.9 Å². The van der Waals surface area contributed by atoms with Crippen molar-refractivity contribution in [2.24, 2.45) is 0 Å². The van der Waals surface area contributed by atoms with Gasteiger partial charge in [-0.05, 0) is 44.9 Å². The zero-order valence-electron chi connectivity index (χ0n) is 12.0. The highest BCUT2D eigenvalue weighted by Crippen LogP contribution is 2.18. The molecule has 0 heterocycles. The molecule has 106 valence electrons. The van der Waals surface area contributed by atoms with Crippen LogP contribution in [-0.2, 0) is 4.79 Å². The zero-order valence-corrected chi connectivity index (χ0v) is 12.0. The zero-order chi connectivity index (χ0) is 14.4. The molecule has 0 spiro atoms. The Hall–Kier alpha value is -1.55. The third kappa shape index (κ3) is 4.91. The average molecular weight is 265 g/mol. The SMILES string of the molecule is CCC(C)NC(=O)C(C)Oc1ccc(C(C)O)cc1. The first-order chi connectivity index (χ1) is 8.93. The summed E-state index contributed by atoms with van der Waals surface area (Å²) in [5, 5.41) is 12.3. The van der Waals surface area contributed by atoms with Crippen LogP contribution in [0.25, 0.3) is 0 Å². The first kappa shape index (κ1) is 15.5. The van der Waals surface area contributed by atoms with Gasteiger partial charge in [-0.2, -0.15) is 0 Å². The Morgan fingerprint density at radius 2 is 1.84 bits per heavy atom. The number of hydrogen-bond donors (Lipinski definition) is 2. The molecule has 3 atom stereocenters. The molecule has 0 saturated heterocycles. The second-order valence-electron chi connectivity index (χ2n) is 4.82. The highest BCUT2D eigenvalue weighted by Gasteiger charge is 2.16. The van der Waals surface area contributed by atoms with Crippen LogP contribution in [0.1, 0.15) is 45.8 Å². The van der Waals surface area contributed by atoms with Gasteiger partial charge < -0.3 is 15.2 Å². The Labute approximate surface area is 114 Å². The van der Waals surface area contributed by atoms with Gasteiger partial charge in [-0.3, -0.25) is 4.79 Å². The summed E-state index contributed by atoms with van der Waals surface area (Å²) >= 11 is 0. The number of ether oxygens (including phenoxy) is 1. The Bertz CT molecular complexity index is 400. The first-order valence-corrected chi connectivity index (χ1v) is 6.69. The molecule has 4 nitrogen and oxygen atoms in total. The molecule has 19 heavy (non-hydrogen) atoms. The summed E-state index contributed by atoms with van der Waals surface area (Å²) in [6, 6.07) is 7.25. The molecule has 1 amide bonds. The summed E-state index contributed by atoms with van der Waals surface area (Å²) < 4.78 is 5.56. The summed E-state index contributed by atoms with van der Waals surface area (Å²) in [5.74, 6) is 0.505. The standard InChI is InChI=1S/C15H23NO3/c1-5-10(2)16-15(18)12(4)19-14-8-6-13(7-9-14)11(3)17/h6-12,17H,5H2,1-4H3,(H,16,18). The first-order valence-electron chi connectivity index (χ1n) is 6.69. The molecule has 1 aromatic rings. The van der Waals surface area contributed by atoms with Gasteiger partial charge in [0.1, 0.15) is 5.75 Å². The second kappa shape index (κ2) is 7.14. The van der Waals surface area contributed by atoms with Crippen LogP contribution in [0, 0.1) is 0 Å². The molecule has 0 aromatic heterocycles. The van der Waals surface area contributed by atoms with E-state index in [9.17, 15) is 9.90 Å². The third-order valence-electron chi connectivity index (χ3n) is 3.05. The fraction of sp³-hybridized carbons (Fsp3) is 0.533. The lowest BCUT2D eigenvalue weighted by atomic mass is 10.1. The number of hydrogen-bond acceptors (Lipinski definition) is 3. The van der Waals surface area contributed by atoms with Crippen molar-refractivity contribution in [2.45, 2.75) is 52.4 Å². The van der Waals surface area contributed by atoms with E-state index in [1.807, 2.05) is 13.8 Å². The summed E-state index contributed by atoms with van der Waals surface area (Å²) in [4.78, 5) is 11.8. The number of amides is 1. The van der Waals surface area contributed by atoms with Gasteiger partial charge in [0.15, 0.2) is 6.10 Å². The molecule has 0 fully saturated rings. The fourth-order valence-electron chi connectivity index (χ4n) is 1.54. The summed E-state index contributed by atoms with van der Waals surface area (Å²) in [7, 11) is 0. The minimum absolute atomic E-state index is 0.117. The molecule has 0 radical (unpaired) electrons. The second-order valence-corrected chi connectivity index (χ2v) is 4.82. The van der Waals surface area contributed by atoms with Crippen molar-refractivity contribution in [1.82, 2.24) is 5.32 Å². The van der Waals surface area contributed by atoms with E-state index in [0.717, 1.165) is 12.0 Å². The fourth-order valence-corrected chi connectivity index (χ4v) is 1.54. The molecule has 0 saturated carbocycles. The quantitative estimate of drug-likeness (QED) is 0.830. The van der Waals surface area contributed by atoms with Gasteiger partial charge in [0, 0.05) is 6.04 Å². The summed E-state index contributed by atoms with van der Waals surface area (Å²) in [5.41, 5.74) is 0.823. The number of carbonyl (C=O) groups is 1. The van der Waals surface area contributed by atoms with Crippen LogP contribution in [0.4, 0.5) is 0 Å². The number of aliphatic hydroxyl groups is 1. The van der Waals surface area contributed by atoms with Gasteiger partial charge in [0.05, 0.1) is 6.10 Å². The average Bonchev–Trinajstić information content (AvgIpc) is 2.38. The van der Waals surface area contributed by atoms with Crippen molar-refractivity contribution in [1.29, 1.82) is 0 Å². The minimum Gasteiger partial charge on any atom is -0.481 e. The molecule has 0 aliphatic heterocycles. The van der Waals surface area contributed by atoms with Gasteiger partial charge in [-0.1, -0.05) is 19.1 Å². The lowest BCUT2D eigenvalue weighted by Crippen LogP contribution is -2.40. The highest BCUT2D eigenvalue weighted by molar-refractivity contribution is 5.80. The Kier molecular flexibility index (Phi) is 5.83. The van der Waals surface area contributed by atoms with Gasteiger partial charge in [-0.25, -0.2) is 0 Å². The molecule has 2 N–H and O–H groups in total. The lowest BCUT2D eigenvalue weighted by molar-refractivity contribution is -0.127. The topological polar surface area (TPSA) is 58.6 Å². The molecular formula is C15H23NO3. The van der Waals surface area contributed by atoms with Crippen LogP contribution in [0.15, 0.2) is 24.3 Å². The number of aliphatic hydroxyl groups excluding tert-OH is 1. The van der Waals surface area contributed by atoms with Crippen LogP contribution in [0.5, 0.6) is 5.75 Å². The maximum Gasteiger partial charge on any atom is 0.260 e. The number of carbonyl (C=O) groups excluding carboxylic acids is 1. The molecule has 4 heteroatoms. The van der Waals surface area contributed by atoms with Crippen LogP contribution in [-0.4, -0.2) is 23.2 Å². The third-order valence-corrected chi connectivity index (χ3v) is 3.05. The molecule has 0 bridgehead atoms. The molecule has 0 aliphatic carbocycles. The van der Waals surface area contributed by atoms with Crippen LogP contribution in [0.2, 0.25) is 0 Å². The number of rotatable bonds is 6. The molecular weight excluding hydrogens is 242 g/mol. The molecule has 1 aromatic carbocycles. The maximum absolute atomic E-state index is 11.8. The van der Waals surface area contributed by atoms with Crippen molar-refractivity contribution in [3.8, 4) is 5.75 Å². The molecule has 1 rings (SSSR count). The smallest absolute Gasteiger partial charge is 0.260 e. The lowest BCUT2D eigenvalue weighted by Gasteiger charge is -2.18. The predicted octanol–water partition coefficient (Wildman–Crippen LogP) is 2.42. The van der Waals surface area contributed by atoms with Crippen LogP contribution < -0.4 is 10.1 Å². The van der Waals surface area contributed by atoms with Gasteiger partial charge in [0.2, 0.25) is 0 Å². The van der Waals surface area contributed by atoms with Gasteiger partial charge in [-0.15, -0.1) is 0 Å². The van der Waals surface area contributed by atoms with Crippen LogP contribution in [0.3, 0.4) is 0 Å². The van der Waals surface area contributed by atoms with Crippen LogP contribution >= 0.6 is 0 Å². The van der Waals surface area contributed by atoms with E-state index in [0.29, 0.717) is 5.75 Å². The van der Waals surface area contributed by atoms with E-state index in [1.165, 1.54) is 0 Å². The predicted molar refractivity (Wildman–Crippen MR) is 75.1 cm³/mol. The summed E-state index contributed by atoms with van der Waals surface area (Å²) in [6.45, 7) is 7.41. The van der Waals surface area contributed by atoms with Gasteiger partial charge >= 0.3 is 0 Å².